The molecule has 0 spiro atoms. The van der Waals surface area contributed by atoms with Gasteiger partial charge in [-0.1, -0.05) is 72.5 Å². The lowest BCUT2D eigenvalue weighted by Crippen LogP contribution is -2.43. The van der Waals surface area contributed by atoms with Crippen LogP contribution < -0.4 is 5.32 Å². The lowest BCUT2D eigenvalue weighted by atomic mass is 10.1. The number of nitrogens with one attached hydrogen (secondary N) is 1. The van der Waals surface area contributed by atoms with E-state index in [0.717, 1.165) is 53.6 Å². The van der Waals surface area contributed by atoms with Gasteiger partial charge < -0.3 is 10.1 Å². The summed E-state index contributed by atoms with van der Waals surface area (Å²) in [4.78, 5) is 2.47. The molecule has 0 saturated carbocycles. The topological polar surface area (TPSA) is 50.3 Å². The highest BCUT2D eigenvalue weighted by atomic mass is 32.2. The van der Waals surface area contributed by atoms with Gasteiger partial charge in [0.1, 0.15) is 0 Å². The van der Waals surface area contributed by atoms with Gasteiger partial charge in [0.25, 0.3) is 0 Å². The van der Waals surface area contributed by atoms with Gasteiger partial charge in [0.15, 0.2) is 4.34 Å². The summed E-state index contributed by atoms with van der Waals surface area (Å²) in [7, 11) is 0. The summed E-state index contributed by atoms with van der Waals surface area (Å²) >= 11 is 3.32. The Bertz CT molecular complexity index is 885. The molecular weight excluding hydrogens is 400 g/mol. The van der Waals surface area contributed by atoms with Crippen LogP contribution in [0.4, 0.5) is 10.8 Å². The first-order chi connectivity index (χ1) is 14.3. The Morgan fingerprint density at radius 3 is 2.72 bits per heavy atom. The molecule has 4 rings (SSSR count). The van der Waals surface area contributed by atoms with E-state index in [-0.39, 0.29) is 6.10 Å². The molecule has 0 amide bonds. The van der Waals surface area contributed by atoms with Gasteiger partial charge in [0, 0.05) is 31.1 Å². The van der Waals surface area contributed by atoms with E-state index >= 15 is 0 Å². The third-order valence-electron chi connectivity index (χ3n) is 4.88. The maximum Gasteiger partial charge on any atom is 0.210 e. The molecule has 7 heteroatoms. The molecule has 1 saturated heterocycles. The first kappa shape index (κ1) is 20.3. The van der Waals surface area contributed by atoms with Crippen molar-refractivity contribution in [2.24, 2.45) is 0 Å². The minimum Gasteiger partial charge on any atom is -0.375 e. The van der Waals surface area contributed by atoms with E-state index in [0.29, 0.717) is 0 Å². The van der Waals surface area contributed by atoms with Gasteiger partial charge in [0.2, 0.25) is 5.13 Å². The third-order valence-corrected chi connectivity index (χ3v) is 6.99. The highest BCUT2D eigenvalue weighted by Crippen LogP contribution is 2.29. The zero-order chi connectivity index (χ0) is 19.9. The van der Waals surface area contributed by atoms with E-state index in [4.69, 9.17) is 4.74 Å². The number of benzene rings is 2. The molecule has 2 heterocycles. The number of rotatable bonds is 8. The third kappa shape index (κ3) is 6.02. The van der Waals surface area contributed by atoms with Gasteiger partial charge in [0.05, 0.1) is 12.7 Å². The first-order valence-corrected chi connectivity index (χ1v) is 11.8. The SMILES string of the molecule is CCc1ccc(Nc2nnc(SC[C@@H]3CN(Cc4ccccc4)CCO3)s2)cc1. The maximum absolute atomic E-state index is 5.97. The highest BCUT2D eigenvalue weighted by Gasteiger charge is 2.21. The van der Waals surface area contributed by atoms with Crippen LogP contribution >= 0.6 is 23.1 Å². The number of aromatic nitrogens is 2. The maximum atomic E-state index is 5.97. The smallest absolute Gasteiger partial charge is 0.210 e. The monoisotopic (exact) mass is 426 g/mol. The minimum atomic E-state index is 0.222. The Balaban J connectivity index is 1.25. The fraction of sp³-hybridized carbons (Fsp3) is 0.364. The van der Waals surface area contributed by atoms with Crippen LogP contribution in [0.5, 0.6) is 0 Å². The average molecular weight is 427 g/mol. The van der Waals surface area contributed by atoms with E-state index in [1.54, 1.807) is 23.1 Å². The molecule has 0 radical (unpaired) electrons. The van der Waals surface area contributed by atoms with Gasteiger partial charge in [-0.15, -0.1) is 10.2 Å². The number of ether oxygens (including phenoxy) is 1. The zero-order valence-corrected chi connectivity index (χ0v) is 18.2. The minimum absolute atomic E-state index is 0.222. The molecular formula is C22H26N4OS2. The van der Waals surface area contributed by atoms with E-state index in [1.807, 2.05) is 0 Å². The van der Waals surface area contributed by atoms with Crippen molar-refractivity contribution in [3.63, 3.8) is 0 Å². The van der Waals surface area contributed by atoms with Crippen molar-refractivity contribution in [1.82, 2.24) is 15.1 Å². The van der Waals surface area contributed by atoms with Crippen molar-refractivity contribution in [3.05, 3.63) is 65.7 Å². The predicted octanol–water partition coefficient (Wildman–Crippen LogP) is 4.84. The molecule has 3 aromatic rings. The molecule has 152 valence electrons. The molecule has 2 aromatic carbocycles. The molecule has 1 N–H and O–H groups in total. The molecule has 5 nitrogen and oxygen atoms in total. The van der Waals surface area contributed by atoms with Crippen molar-refractivity contribution in [2.75, 3.05) is 30.8 Å². The molecule has 0 bridgehead atoms. The number of anilines is 2. The normalized spacial score (nSPS) is 17.3. The number of nitrogens with zero attached hydrogens (tertiary/aromatic N) is 3. The molecule has 0 aliphatic carbocycles. The van der Waals surface area contributed by atoms with Crippen molar-refractivity contribution < 1.29 is 4.74 Å². The second-order valence-electron chi connectivity index (χ2n) is 7.07. The van der Waals surface area contributed by atoms with Gasteiger partial charge in [-0.3, -0.25) is 4.90 Å². The van der Waals surface area contributed by atoms with Crippen molar-refractivity contribution in [3.8, 4) is 0 Å². The van der Waals surface area contributed by atoms with Crippen LogP contribution in [0.25, 0.3) is 0 Å². The zero-order valence-electron chi connectivity index (χ0n) is 16.6. The van der Waals surface area contributed by atoms with Crippen LogP contribution in [0.3, 0.4) is 0 Å². The summed E-state index contributed by atoms with van der Waals surface area (Å²) in [6.07, 6.45) is 1.27. The summed E-state index contributed by atoms with van der Waals surface area (Å²) < 4.78 is 6.94. The Hall–Kier alpha value is -1.93. The number of hydrogen-bond acceptors (Lipinski definition) is 7. The fourth-order valence-electron chi connectivity index (χ4n) is 3.30. The van der Waals surface area contributed by atoms with E-state index < -0.39 is 0 Å². The van der Waals surface area contributed by atoms with Gasteiger partial charge >= 0.3 is 0 Å². The van der Waals surface area contributed by atoms with Gasteiger partial charge in [-0.2, -0.15) is 0 Å². The summed E-state index contributed by atoms with van der Waals surface area (Å²) in [5, 5.41) is 12.8. The molecule has 1 aromatic heterocycles. The lowest BCUT2D eigenvalue weighted by molar-refractivity contribution is -0.0187. The number of morpholine rings is 1. The standard InChI is InChI=1S/C22H26N4OS2/c1-2-17-8-10-19(11-9-17)23-21-24-25-22(29-21)28-16-20-15-26(12-13-27-20)14-18-6-4-3-5-7-18/h3-11,20H,2,12-16H2,1H3,(H,23,24)/t20-/m0/s1. The highest BCUT2D eigenvalue weighted by molar-refractivity contribution is 8.01. The summed E-state index contributed by atoms with van der Waals surface area (Å²) in [5.74, 6) is 0.894. The lowest BCUT2D eigenvalue weighted by Gasteiger charge is -2.32. The van der Waals surface area contributed by atoms with Crippen LogP contribution in [0.2, 0.25) is 0 Å². The fourth-order valence-corrected chi connectivity index (χ4v) is 5.10. The van der Waals surface area contributed by atoms with Crippen molar-refractivity contribution >= 4 is 33.9 Å². The molecule has 0 unspecified atom stereocenters. The van der Waals surface area contributed by atoms with Crippen molar-refractivity contribution in [1.29, 1.82) is 0 Å². The average Bonchev–Trinajstić information content (AvgIpc) is 3.21. The summed E-state index contributed by atoms with van der Waals surface area (Å²) in [6.45, 7) is 5.87. The quantitative estimate of drug-likeness (QED) is 0.520. The Morgan fingerprint density at radius 2 is 1.93 bits per heavy atom. The first-order valence-electron chi connectivity index (χ1n) is 9.98. The number of hydrogen-bond donors (Lipinski definition) is 1. The second kappa shape index (κ2) is 10.2. The van der Waals surface area contributed by atoms with Crippen LogP contribution in [0, 0.1) is 0 Å². The Kier molecular flexibility index (Phi) is 7.16. The van der Waals surface area contributed by atoms with Crippen molar-refractivity contribution in [2.45, 2.75) is 30.3 Å². The summed E-state index contributed by atoms with van der Waals surface area (Å²) in [5.41, 5.74) is 3.73. The Labute approximate surface area is 180 Å². The van der Waals surface area contributed by atoms with Gasteiger partial charge in [-0.25, -0.2) is 0 Å². The van der Waals surface area contributed by atoms with Crippen LogP contribution in [-0.2, 0) is 17.7 Å². The predicted molar refractivity (Wildman–Crippen MR) is 121 cm³/mol. The summed E-state index contributed by atoms with van der Waals surface area (Å²) in [6, 6.07) is 19.1. The van der Waals surface area contributed by atoms with E-state index in [1.165, 1.54) is 11.1 Å². The van der Waals surface area contributed by atoms with Gasteiger partial charge in [-0.05, 0) is 29.7 Å². The Morgan fingerprint density at radius 1 is 1.10 bits per heavy atom. The van der Waals surface area contributed by atoms with E-state index in [2.05, 4.69) is 81.9 Å². The second-order valence-corrected chi connectivity index (χ2v) is 9.32. The molecule has 1 atom stereocenters. The largest absolute Gasteiger partial charge is 0.375 e. The number of thioether (sulfide) groups is 1. The van der Waals surface area contributed by atoms with Crippen LogP contribution in [0.15, 0.2) is 58.9 Å². The molecule has 29 heavy (non-hydrogen) atoms. The number of aryl methyl sites for hydroxylation is 1. The van der Waals surface area contributed by atoms with Crippen LogP contribution in [0.1, 0.15) is 18.1 Å². The molecule has 1 aliphatic heterocycles. The molecule has 1 aliphatic rings. The van der Waals surface area contributed by atoms with E-state index in [9.17, 15) is 0 Å². The van der Waals surface area contributed by atoms with Crippen LogP contribution in [-0.4, -0.2) is 46.7 Å². The molecule has 1 fully saturated rings.